The Bertz CT molecular complexity index is 477. The van der Waals surface area contributed by atoms with Gasteiger partial charge >= 0.3 is 12.0 Å². The molecule has 11 heteroatoms. The molecule has 0 aliphatic rings. The highest BCUT2D eigenvalue weighted by Gasteiger charge is 2.21. The Morgan fingerprint density at radius 3 is 2.43 bits per heavy atom. The Morgan fingerprint density at radius 1 is 1.33 bits per heavy atom. The SMILES string of the molecule is CS(=O)(=O)CCC(NC(=O)NCCOCC(N)=O)C(=O)O. The molecule has 122 valence electrons. The number of amides is 3. The van der Waals surface area contributed by atoms with Crippen molar-refractivity contribution in [2.45, 2.75) is 12.5 Å². The maximum absolute atomic E-state index is 11.4. The topological polar surface area (TPSA) is 165 Å². The number of carboxylic acids is 1. The molecule has 0 aliphatic carbocycles. The summed E-state index contributed by atoms with van der Waals surface area (Å²) in [6, 6.07) is -2.09. The van der Waals surface area contributed by atoms with Crippen LogP contribution in [0, 0.1) is 0 Å². The van der Waals surface area contributed by atoms with E-state index >= 15 is 0 Å². The van der Waals surface area contributed by atoms with E-state index in [1.54, 1.807) is 0 Å². The van der Waals surface area contributed by atoms with Gasteiger partial charge in [-0.15, -0.1) is 0 Å². The van der Waals surface area contributed by atoms with Crippen molar-refractivity contribution in [1.82, 2.24) is 10.6 Å². The average molecular weight is 325 g/mol. The third-order valence-electron chi connectivity index (χ3n) is 2.16. The van der Waals surface area contributed by atoms with Crippen molar-refractivity contribution >= 4 is 27.7 Å². The second-order valence-corrected chi connectivity index (χ2v) is 6.49. The summed E-state index contributed by atoms with van der Waals surface area (Å²) in [4.78, 5) is 32.6. The summed E-state index contributed by atoms with van der Waals surface area (Å²) >= 11 is 0. The Hall–Kier alpha value is -1.88. The second kappa shape index (κ2) is 9.13. The first-order valence-electron chi connectivity index (χ1n) is 5.92. The predicted octanol–water partition coefficient (Wildman–Crippen LogP) is -2.32. The number of carbonyl (C=O) groups excluding carboxylic acids is 2. The summed E-state index contributed by atoms with van der Waals surface area (Å²) in [5.41, 5.74) is 4.82. The van der Waals surface area contributed by atoms with Gasteiger partial charge in [-0.25, -0.2) is 18.0 Å². The maximum Gasteiger partial charge on any atom is 0.326 e. The number of hydrogen-bond acceptors (Lipinski definition) is 6. The molecule has 0 heterocycles. The van der Waals surface area contributed by atoms with Gasteiger partial charge in [0.2, 0.25) is 5.91 Å². The monoisotopic (exact) mass is 325 g/mol. The number of ether oxygens (including phenoxy) is 1. The number of carboxylic acid groups (broad SMARTS) is 1. The van der Waals surface area contributed by atoms with Crippen LogP contribution in [0.2, 0.25) is 0 Å². The van der Waals surface area contributed by atoms with Gasteiger partial charge in [-0.2, -0.15) is 0 Å². The van der Waals surface area contributed by atoms with E-state index in [-0.39, 0.29) is 31.9 Å². The third-order valence-corrected chi connectivity index (χ3v) is 3.13. The molecule has 1 atom stereocenters. The van der Waals surface area contributed by atoms with Crippen LogP contribution in [-0.2, 0) is 24.2 Å². The molecule has 5 N–H and O–H groups in total. The number of nitrogens with two attached hydrogens (primary N) is 1. The van der Waals surface area contributed by atoms with Gasteiger partial charge < -0.3 is 26.2 Å². The van der Waals surface area contributed by atoms with Gasteiger partial charge in [0, 0.05) is 12.8 Å². The van der Waals surface area contributed by atoms with Crippen LogP contribution in [0.5, 0.6) is 0 Å². The smallest absolute Gasteiger partial charge is 0.326 e. The first kappa shape index (κ1) is 19.1. The van der Waals surface area contributed by atoms with Crippen LogP contribution in [0.3, 0.4) is 0 Å². The molecule has 10 nitrogen and oxygen atoms in total. The van der Waals surface area contributed by atoms with Crippen LogP contribution < -0.4 is 16.4 Å². The fourth-order valence-electron chi connectivity index (χ4n) is 1.21. The molecular formula is C10H19N3O7S. The van der Waals surface area contributed by atoms with Gasteiger partial charge in [0.05, 0.1) is 12.4 Å². The Balaban J connectivity index is 4.06. The third kappa shape index (κ3) is 11.6. The van der Waals surface area contributed by atoms with Crippen molar-refractivity contribution in [2.24, 2.45) is 5.73 Å². The van der Waals surface area contributed by atoms with E-state index < -0.39 is 33.8 Å². The van der Waals surface area contributed by atoms with Gasteiger partial charge in [-0.05, 0) is 6.42 Å². The molecule has 0 aromatic rings. The van der Waals surface area contributed by atoms with Crippen molar-refractivity contribution in [3.8, 4) is 0 Å². The number of primary amides is 1. The Labute approximate surface area is 121 Å². The van der Waals surface area contributed by atoms with E-state index in [2.05, 4.69) is 10.6 Å². The zero-order chi connectivity index (χ0) is 16.5. The minimum Gasteiger partial charge on any atom is -0.480 e. The quantitative estimate of drug-likeness (QED) is 0.327. The van der Waals surface area contributed by atoms with Crippen molar-refractivity contribution in [3.05, 3.63) is 0 Å². The van der Waals surface area contributed by atoms with E-state index in [0.29, 0.717) is 0 Å². The molecule has 0 saturated carbocycles. The molecule has 0 fully saturated rings. The van der Waals surface area contributed by atoms with Gasteiger partial charge in [-0.1, -0.05) is 0 Å². The van der Waals surface area contributed by atoms with Crippen LogP contribution in [0.15, 0.2) is 0 Å². The van der Waals surface area contributed by atoms with E-state index in [0.717, 1.165) is 6.26 Å². The molecule has 0 bridgehead atoms. The molecule has 0 saturated heterocycles. The summed E-state index contributed by atoms with van der Waals surface area (Å²) in [5, 5.41) is 13.3. The molecular weight excluding hydrogens is 306 g/mol. The lowest BCUT2D eigenvalue weighted by Crippen LogP contribution is -2.47. The molecule has 0 aromatic heterocycles. The number of nitrogens with one attached hydrogen (secondary N) is 2. The van der Waals surface area contributed by atoms with E-state index in [1.165, 1.54) is 0 Å². The minimum absolute atomic E-state index is 0.0252. The maximum atomic E-state index is 11.4. The standard InChI is InChI=1S/C10H19N3O7S/c1-21(18,19)5-2-7(9(15)16)13-10(17)12-3-4-20-6-8(11)14/h7H,2-6H2,1H3,(H2,11,14)(H,15,16)(H2,12,13,17). The van der Waals surface area contributed by atoms with E-state index in [4.69, 9.17) is 15.6 Å². The van der Waals surface area contributed by atoms with Crippen molar-refractivity contribution in [2.75, 3.05) is 31.8 Å². The summed E-state index contributed by atoms with van der Waals surface area (Å²) in [7, 11) is -3.32. The first-order chi connectivity index (χ1) is 9.61. The van der Waals surface area contributed by atoms with Crippen LogP contribution in [0.1, 0.15) is 6.42 Å². The summed E-state index contributed by atoms with van der Waals surface area (Å²) in [6.45, 7) is -0.218. The normalized spacial score (nSPS) is 12.4. The Kier molecular flexibility index (Phi) is 8.31. The fourth-order valence-corrected chi connectivity index (χ4v) is 1.87. The van der Waals surface area contributed by atoms with E-state index in [9.17, 15) is 22.8 Å². The van der Waals surface area contributed by atoms with Crippen molar-refractivity contribution in [1.29, 1.82) is 0 Å². The largest absolute Gasteiger partial charge is 0.480 e. The van der Waals surface area contributed by atoms with Crippen LogP contribution in [0.25, 0.3) is 0 Å². The van der Waals surface area contributed by atoms with E-state index in [1.807, 2.05) is 0 Å². The fraction of sp³-hybridized carbons (Fsp3) is 0.700. The number of rotatable bonds is 10. The Morgan fingerprint density at radius 2 is 1.95 bits per heavy atom. The molecule has 3 amide bonds. The van der Waals surface area contributed by atoms with Gasteiger partial charge in [0.15, 0.2) is 0 Å². The van der Waals surface area contributed by atoms with Gasteiger partial charge in [0.25, 0.3) is 0 Å². The molecule has 21 heavy (non-hydrogen) atoms. The highest BCUT2D eigenvalue weighted by Crippen LogP contribution is 1.97. The van der Waals surface area contributed by atoms with Crippen LogP contribution in [-0.4, -0.2) is 69.2 Å². The van der Waals surface area contributed by atoms with Gasteiger partial charge in [0.1, 0.15) is 22.5 Å². The van der Waals surface area contributed by atoms with Gasteiger partial charge in [-0.3, -0.25) is 4.79 Å². The molecule has 0 aromatic carbocycles. The zero-order valence-electron chi connectivity index (χ0n) is 11.5. The zero-order valence-corrected chi connectivity index (χ0v) is 12.3. The van der Waals surface area contributed by atoms with Crippen LogP contribution >= 0.6 is 0 Å². The molecule has 0 spiro atoms. The number of aliphatic carboxylic acids is 1. The number of sulfone groups is 1. The summed E-state index contributed by atoms with van der Waals surface area (Å²) < 4.78 is 26.7. The lowest BCUT2D eigenvalue weighted by molar-refractivity contribution is -0.139. The number of hydrogen-bond donors (Lipinski definition) is 4. The summed E-state index contributed by atoms with van der Waals surface area (Å²) in [6.07, 6.45) is 0.738. The van der Waals surface area contributed by atoms with Crippen molar-refractivity contribution in [3.63, 3.8) is 0 Å². The first-order valence-corrected chi connectivity index (χ1v) is 7.99. The lowest BCUT2D eigenvalue weighted by Gasteiger charge is -2.14. The molecule has 0 aliphatic heterocycles. The summed E-state index contributed by atoms with van der Waals surface area (Å²) in [5.74, 6) is -2.34. The minimum atomic E-state index is -3.32. The predicted molar refractivity (Wildman–Crippen MR) is 72.3 cm³/mol. The average Bonchev–Trinajstić information content (AvgIpc) is 2.32. The molecule has 1 unspecified atom stereocenters. The molecule has 0 radical (unpaired) electrons. The highest BCUT2D eigenvalue weighted by atomic mass is 32.2. The lowest BCUT2D eigenvalue weighted by atomic mass is 10.2. The number of carbonyl (C=O) groups is 3. The molecule has 0 rings (SSSR count). The van der Waals surface area contributed by atoms with Crippen molar-refractivity contribution < 1.29 is 32.6 Å². The highest BCUT2D eigenvalue weighted by molar-refractivity contribution is 7.90. The number of urea groups is 1. The van der Waals surface area contributed by atoms with Crippen LogP contribution in [0.4, 0.5) is 4.79 Å². The second-order valence-electron chi connectivity index (χ2n) is 4.23.